The van der Waals surface area contributed by atoms with Crippen LogP contribution >= 0.6 is 27.5 Å². The molecule has 0 radical (unpaired) electrons. The molecule has 1 heterocycles. The van der Waals surface area contributed by atoms with Gasteiger partial charge in [0.15, 0.2) is 0 Å². The van der Waals surface area contributed by atoms with E-state index in [-0.39, 0.29) is 0 Å². The smallest absolute Gasteiger partial charge is 0.0591 e. The van der Waals surface area contributed by atoms with Crippen LogP contribution < -0.4 is 10.6 Å². The maximum Gasteiger partial charge on any atom is 0.0591 e. The molecule has 0 atom stereocenters. The van der Waals surface area contributed by atoms with Crippen molar-refractivity contribution in [2.75, 3.05) is 17.2 Å². The Labute approximate surface area is 126 Å². The molecule has 2 aromatic rings. The van der Waals surface area contributed by atoms with Crippen LogP contribution in [0.4, 0.5) is 17.1 Å². The molecule has 0 aliphatic heterocycles. The zero-order chi connectivity index (χ0) is 13.7. The van der Waals surface area contributed by atoms with Crippen molar-refractivity contribution in [3.05, 3.63) is 46.2 Å². The fourth-order valence-corrected chi connectivity index (χ4v) is 2.40. The van der Waals surface area contributed by atoms with Crippen LogP contribution in [-0.4, -0.2) is 11.5 Å². The molecule has 0 amide bonds. The number of pyridine rings is 1. The van der Waals surface area contributed by atoms with Crippen molar-refractivity contribution in [1.29, 1.82) is 0 Å². The van der Waals surface area contributed by atoms with E-state index in [1.165, 1.54) is 0 Å². The first-order valence-electron chi connectivity index (χ1n) is 6.10. The number of hydrogen-bond acceptors (Lipinski definition) is 3. The number of benzene rings is 1. The lowest BCUT2D eigenvalue weighted by molar-refractivity contribution is 0.978. The number of nitrogens with one attached hydrogen (secondary N) is 2. The molecule has 0 aliphatic carbocycles. The third-order valence-corrected chi connectivity index (χ3v) is 3.42. The van der Waals surface area contributed by atoms with Gasteiger partial charge >= 0.3 is 0 Å². The van der Waals surface area contributed by atoms with Gasteiger partial charge < -0.3 is 10.6 Å². The molecule has 3 nitrogen and oxygen atoms in total. The molecule has 0 fully saturated rings. The van der Waals surface area contributed by atoms with Crippen molar-refractivity contribution in [3.8, 4) is 0 Å². The van der Waals surface area contributed by atoms with Crippen LogP contribution in [-0.2, 0) is 0 Å². The lowest BCUT2D eigenvalue weighted by Gasteiger charge is -2.10. The lowest BCUT2D eigenvalue weighted by Crippen LogP contribution is -2.01. The molecule has 0 unspecified atom stereocenters. The highest BCUT2D eigenvalue weighted by Crippen LogP contribution is 2.29. The molecule has 0 bridgehead atoms. The highest BCUT2D eigenvalue weighted by Gasteiger charge is 2.02. The van der Waals surface area contributed by atoms with Gasteiger partial charge in [0.2, 0.25) is 0 Å². The molecule has 2 N–H and O–H groups in total. The second kappa shape index (κ2) is 6.78. The first-order chi connectivity index (χ1) is 9.19. The molecule has 19 heavy (non-hydrogen) atoms. The van der Waals surface area contributed by atoms with Crippen molar-refractivity contribution >= 4 is 44.6 Å². The largest absolute Gasteiger partial charge is 0.384 e. The number of halogens is 2. The Balaban J connectivity index is 2.14. The Morgan fingerprint density at radius 2 is 2.00 bits per heavy atom. The van der Waals surface area contributed by atoms with Crippen molar-refractivity contribution in [2.45, 2.75) is 13.3 Å². The topological polar surface area (TPSA) is 37.0 Å². The summed E-state index contributed by atoms with van der Waals surface area (Å²) in [5.41, 5.74) is 2.90. The molecule has 2 rings (SSSR count). The summed E-state index contributed by atoms with van der Waals surface area (Å²) in [4.78, 5) is 4.21. The zero-order valence-electron chi connectivity index (χ0n) is 10.6. The Morgan fingerprint density at radius 3 is 2.74 bits per heavy atom. The van der Waals surface area contributed by atoms with Crippen molar-refractivity contribution in [3.63, 3.8) is 0 Å². The molecule has 100 valence electrons. The summed E-state index contributed by atoms with van der Waals surface area (Å²) >= 11 is 9.40. The summed E-state index contributed by atoms with van der Waals surface area (Å²) in [7, 11) is 0. The van der Waals surface area contributed by atoms with E-state index in [4.69, 9.17) is 11.6 Å². The molecule has 0 saturated carbocycles. The van der Waals surface area contributed by atoms with E-state index in [9.17, 15) is 0 Å². The summed E-state index contributed by atoms with van der Waals surface area (Å²) in [6, 6.07) is 7.67. The van der Waals surface area contributed by atoms with E-state index in [1.807, 2.05) is 30.5 Å². The van der Waals surface area contributed by atoms with Gasteiger partial charge in [-0.3, -0.25) is 4.98 Å². The molecule has 1 aromatic carbocycles. The maximum absolute atomic E-state index is 5.92. The highest BCUT2D eigenvalue weighted by molar-refractivity contribution is 9.10. The van der Waals surface area contributed by atoms with E-state index >= 15 is 0 Å². The first-order valence-corrected chi connectivity index (χ1v) is 7.27. The van der Waals surface area contributed by atoms with Gasteiger partial charge in [-0.05, 0) is 46.6 Å². The molecule has 0 saturated heterocycles. The maximum atomic E-state index is 5.92. The molecular formula is C14H15BrClN3. The molecule has 5 heteroatoms. The van der Waals surface area contributed by atoms with Crippen LogP contribution in [0.1, 0.15) is 13.3 Å². The summed E-state index contributed by atoms with van der Waals surface area (Å²) in [5, 5.41) is 7.32. The fourth-order valence-electron chi connectivity index (χ4n) is 1.62. The van der Waals surface area contributed by atoms with Crippen LogP contribution in [0.25, 0.3) is 0 Å². The molecule has 0 aliphatic rings. The van der Waals surface area contributed by atoms with Crippen molar-refractivity contribution in [2.24, 2.45) is 0 Å². The SMILES string of the molecule is CCCNc1cncc(Nc2ccc(Cl)cc2Br)c1. The second-order valence-electron chi connectivity index (χ2n) is 4.14. The van der Waals surface area contributed by atoms with Crippen molar-refractivity contribution < 1.29 is 0 Å². The van der Waals surface area contributed by atoms with Crippen LogP contribution in [0, 0.1) is 0 Å². The molecule has 0 spiro atoms. The number of hydrogen-bond donors (Lipinski definition) is 2. The van der Waals surface area contributed by atoms with Gasteiger partial charge in [0.05, 0.1) is 29.5 Å². The predicted octanol–water partition coefficient (Wildman–Crippen LogP) is 5.06. The minimum atomic E-state index is 0.703. The van der Waals surface area contributed by atoms with E-state index in [2.05, 4.69) is 38.5 Å². The number of nitrogens with zero attached hydrogens (tertiary/aromatic N) is 1. The van der Waals surface area contributed by atoms with E-state index in [1.54, 1.807) is 6.20 Å². The molecular weight excluding hydrogens is 326 g/mol. The summed E-state index contributed by atoms with van der Waals surface area (Å²) in [6.45, 7) is 3.07. The monoisotopic (exact) mass is 339 g/mol. The minimum Gasteiger partial charge on any atom is -0.384 e. The van der Waals surface area contributed by atoms with Gasteiger partial charge in [-0.2, -0.15) is 0 Å². The normalized spacial score (nSPS) is 10.3. The van der Waals surface area contributed by atoms with Gasteiger partial charge in [-0.15, -0.1) is 0 Å². The summed E-state index contributed by atoms with van der Waals surface area (Å²) < 4.78 is 0.923. The van der Waals surface area contributed by atoms with E-state index < -0.39 is 0 Å². The fraction of sp³-hybridized carbons (Fsp3) is 0.214. The Morgan fingerprint density at radius 1 is 1.21 bits per heavy atom. The Hall–Kier alpha value is -1.26. The first kappa shape index (κ1) is 14.2. The van der Waals surface area contributed by atoms with E-state index in [0.717, 1.165) is 34.5 Å². The average Bonchev–Trinajstić information content (AvgIpc) is 2.40. The van der Waals surface area contributed by atoms with Gasteiger partial charge in [0, 0.05) is 16.0 Å². The van der Waals surface area contributed by atoms with Crippen LogP contribution in [0.5, 0.6) is 0 Å². The summed E-state index contributed by atoms with van der Waals surface area (Å²) in [6.07, 6.45) is 4.69. The Bertz CT molecular complexity index is 560. The standard InChI is InChI=1S/C14H15BrClN3/c1-2-5-18-11-7-12(9-17-8-11)19-14-4-3-10(16)6-13(14)15/h3-4,6-9,18-19H,2,5H2,1H3. The van der Waals surface area contributed by atoms with Gasteiger partial charge in [-0.1, -0.05) is 18.5 Å². The van der Waals surface area contributed by atoms with Crippen LogP contribution in [0.2, 0.25) is 5.02 Å². The number of anilines is 3. The summed E-state index contributed by atoms with van der Waals surface area (Å²) in [5.74, 6) is 0. The van der Waals surface area contributed by atoms with Crippen LogP contribution in [0.3, 0.4) is 0 Å². The van der Waals surface area contributed by atoms with Gasteiger partial charge in [-0.25, -0.2) is 0 Å². The lowest BCUT2D eigenvalue weighted by atomic mass is 10.3. The van der Waals surface area contributed by atoms with Crippen molar-refractivity contribution in [1.82, 2.24) is 4.98 Å². The minimum absolute atomic E-state index is 0.703. The highest BCUT2D eigenvalue weighted by atomic mass is 79.9. The van der Waals surface area contributed by atoms with E-state index in [0.29, 0.717) is 5.02 Å². The van der Waals surface area contributed by atoms with Gasteiger partial charge in [0.1, 0.15) is 0 Å². The third kappa shape index (κ3) is 4.11. The molecule has 1 aromatic heterocycles. The average molecular weight is 341 g/mol. The number of aromatic nitrogens is 1. The van der Waals surface area contributed by atoms with Gasteiger partial charge in [0.25, 0.3) is 0 Å². The second-order valence-corrected chi connectivity index (χ2v) is 5.43. The van der Waals surface area contributed by atoms with Crippen LogP contribution in [0.15, 0.2) is 41.1 Å². The zero-order valence-corrected chi connectivity index (χ0v) is 12.9. The Kier molecular flexibility index (Phi) is 5.05. The quantitative estimate of drug-likeness (QED) is 0.798. The number of rotatable bonds is 5. The predicted molar refractivity (Wildman–Crippen MR) is 85.5 cm³/mol. The third-order valence-electron chi connectivity index (χ3n) is 2.53.